The molecule has 0 unspecified atom stereocenters. The number of anilines is 2. The molecule has 154 valence electrons. The highest BCUT2D eigenvalue weighted by molar-refractivity contribution is 6.43. The van der Waals surface area contributed by atoms with Crippen molar-refractivity contribution in [2.45, 2.75) is 0 Å². The Morgan fingerprint density at radius 2 is 1.77 bits per heavy atom. The number of morpholine rings is 1. The Bertz CT molecular complexity index is 1050. The number of rotatable bonds is 5. The number of amides is 1. The van der Waals surface area contributed by atoms with Gasteiger partial charge in [0.05, 0.1) is 23.3 Å². The lowest BCUT2D eigenvalue weighted by Gasteiger charge is -2.28. The summed E-state index contributed by atoms with van der Waals surface area (Å²) in [5.74, 6) is 0.882. The second-order valence-corrected chi connectivity index (χ2v) is 7.56. The van der Waals surface area contributed by atoms with Crippen molar-refractivity contribution in [2.75, 3.05) is 36.5 Å². The molecule has 0 aliphatic carbocycles. The molecule has 1 fully saturated rings. The first kappa shape index (κ1) is 20.5. The molecule has 1 aliphatic heterocycles. The second kappa shape index (κ2) is 9.39. The van der Waals surface area contributed by atoms with E-state index >= 15 is 0 Å². The van der Waals surface area contributed by atoms with Crippen LogP contribution in [-0.4, -0.2) is 32.2 Å². The quantitative estimate of drug-likeness (QED) is 0.511. The number of hydrogen-bond donors (Lipinski definition) is 1. The summed E-state index contributed by atoms with van der Waals surface area (Å²) in [5.41, 5.74) is 2.55. The molecule has 7 heteroatoms. The van der Waals surface area contributed by atoms with Crippen LogP contribution in [0.25, 0.3) is 17.4 Å². The normalized spacial score (nSPS) is 14.3. The summed E-state index contributed by atoms with van der Waals surface area (Å²) in [4.78, 5) is 14.5. The van der Waals surface area contributed by atoms with Crippen LogP contribution in [0.2, 0.25) is 10.0 Å². The Hall–Kier alpha value is -2.73. The molecule has 0 spiro atoms. The standard InChI is InChI=1S/C23H20Cl2N2O3/c24-20-3-1-2-19(23(20)25)21-10-8-18(30-21)9-11-22(28)26-16-4-6-17(7-5-16)27-12-14-29-15-13-27/h1-11H,12-15H2,(H,26,28). The lowest BCUT2D eigenvalue weighted by atomic mass is 10.2. The van der Waals surface area contributed by atoms with Gasteiger partial charge in [0.15, 0.2) is 0 Å². The topological polar surface area (TPSA) is 54.7 Å². The van der Waals surface area contributed by atoms with Crippen molar-refractivity contribution in [2.24, 2.45) is 0 Å². The van der Waals surface area contributed by atoms with Crippen LogP contribution in [0, 0.1) is 0 Å². The molecule has 1 aromatic heterocycles. The highest BCUT2D eigenvalue weighted by Crippen LogP contribution is 2.34. The van der Waals surface area contributed by atoms with Crippen molar-refractivity contribution < 1.29 is 13.9 Å². The average molecular weight is 443 g/mol. The molecular weight excluding hydrogens is 423 g/mol. The van der Waals surface area contributed by atoms with Gasteiger partial charge in [-0.05, 0) is 54.6 Å². The molecule has 1 aliphatic rings. The van der Waals surface area contributed by atoms with Crippen molar-refractivity contribution in [3.8, 4) is 11.3 Å². The predicted octanol–water partition coefficient (Wildman–Crippen LogP) is 5.74. The average Bonchev–Trinajstić information content (AvgIpc) is 3.24. The van der Waals surface area contributed by atoms with Crippen LogP contribution in [0.1, 0.15) is 5.76 Å². The summed E-state index contributed by atoms with van der Waals surface area (Å²) in [6.45, 7) is 3.22. The number of nitrogens with zero attached hydrogens (tertiary/aromatic N) is 1. The van der Waals surface area contributed by atoms with Gasteiger partial charge in [-0.3, -0.25) is 4.79 Å². The van der Waals surface area contributed by atoms with Crippen LogP contribution in [0.4, 0.5) is 11.4 Å². The fourth-order valence-corrected chi connectivity index (χ4v) is 3.59. The fraction of sp³-hybridized carbons (Fsp3) is 0.174. The Morgan fingerprint density at radius 3 is 2.53 bits per heavy atom. The van der Waals surface area contributed by atoms with Crippen molar-refractivity contribution in [3.63, 3.8) is 0 Å². The van der Waals surface area contributed by atoms with Crippen molar-refractivity contribution >= 4 is 46.6 Å². The van der Waals surface area contributed by atoms with Crippen LogP contribution >= 0.6 is 23.2 Å². The molecule has 0 atom stereocenters. The molecule has 0 radical (unpaired) electrons. The summed E-state index contributed by atoms with van der Waals surface area (Å²) in [6, 6.07) is 16.7. The van der Waals surface area contributed by atoms with Crippen molar-refractivity contribution in [1.82, 2.24) is 0 Å². The Morgan fingerprint density at radius 1 is 1.00 bits per heavy atom. The van der Waals surface area contributed by atoms with Gasteiger partial charge in [0.25, 0.3) is 0 Å². The number of furan rings is 1. The Balaban J connectivity index is 1.37. The molecule has 3 aromatic rings. The van der Waals surface area contributed by atoms with E-state index in [0.717, 1.165) is 37.7 Å². The molecular formula is C23H20Cl2N2O3. The van der Waals surface area contributed by atoms with E-state index in [1.54, 1.807) is 30.3 Å². The third-order valence-electron chi connectivity index (χ3n) is 4.75. The first-order valence-corrected chi connectivity index (χ1v) is 10.3. The second-order valence-electron chi connectivity index (χ2n) is 6.77. The zero-order valence-electron chi connectivity index (χ0n) is 16.1. The van der Waals surface area contributed by atoms with Gasteiger partial charge in [-0.1, -0.05) is 29.3 Å². The summed E-state index contributed by atoms with van der Waals surface area (Å²) in [5, 5.41) is 3.74. The predicted molar refractivity (Wildman–Crippen MR) is 121 cm³/mol. The lowest BCUT2D eigenvalue weighted by molar-refractivity contribution is -0.111. The first-order chi connectivity index (χ1) is 14.6. The summed E-state index contributed by atoms with van der Waals surface area (Å²) >= 11 is 12.3. The molecule has 2 heterocycles. The highest BCUT2D eigenvalue weighted by Gasteiger charge is 2.12. The van der Waals surface area contributed by atoms with Gasteiger partial charge in [-0.25, -0.2) is 0 Å². The maximum absolute atomic E-state index is 12.2. The molecule has 4 rings (SSSR count). The minimum Gasteiger partial charge on any atom is -0.457 e. The third-order valence-corrected chi connectivity index (χ3v) is 5.57. The van der Waals surface area contributed by atoms with Gasteiger partial charge in [0.2, 0.25) is 5.91 Å². The van der Waals surface area contributed by atoms with Crippen LogP contribution in [-0.2, 0) is 9.53 Å². The summed E-state index contributed by atoms with van der Waals surface area (Å²) in [7, 11) is 0. The van der Waals surface area contributed by atoms with Gasteiger partial charge in [0, 0.05) is 36.1 Å². The number of ether oxygens (including phenoxy) is 1. The molecule has 1 amide bonds. The van der Waals surface area contributed by atoms with E-state index in [0.29, 0.717) is 27.1 Å². The number of nitrogens with one attached hydrogen (secondary N) is 1. The summed E-state index contributed by atoms with van der Waals surface area (Å²) in [6.07, 6.45) is 3.04. The van der Waals surface area contributed by atoms with Gasteiger partial charge in [-0.15, -0.1) is 0 Å². The maximum Gasteiger partial charge on any atom is 0.248 e. The molecule has 1 N–H and O–H groups in total. The molecule has 0 saturated carbocycles. The Kier molecular flexibility index (Phi) is 6.43. The van der Waals surface area contributed by atoms with Crippen molar-refractivity contribution in [1.29, 1.82) is 0 Å². The smallest absolute Gasteiger partial charge is 0.248 e. The van der Waals surface area contributed by atoms with Crippen LogP contribution in [0.5, 0.6) is 0 Å². The van der Waals surface area contributed by atoms with E-state index < -0.39 is 0 Å². The molecule has 0 bridgehead atoms. The van der Waals surface area contributed by atoms with Gasteiger partial charge in [0.1, 0.15) is 11.5 Å². The highest BCUT2D eigenvalue weighted by atomic mass is 35.5. The fourth-order valence-electron chi connectivity index (χ4n) is 3.20. The largest absolute Gasteiger partial charge is 0.457 e. The molecule has 5 nitrogen and oxygen atoms in total. The molecule has 2 aromatic carbocycles. The van der Waals surface area contributed by atoms with E-state index in [4.69, 9.17) is 32.4 Å². The van der Waals surface area contributed by atoms with E-state index in [9.17, 15) is 4.79 Å². The van der Waals surface area contributed by atoms with Crippen molar-refractivity contribution in [3.05, 3.63) is 76.5 Å². The first-order valence-electron chi connectivity index (χ1n) is 9.56. The summed E-state index contributed by atoms with van der Waals surface area (Å²) < 4.78 is 11.1. The third kappa shape index (κ3) is 4.87. The van der Waals surface area contributed by atoms with Gasteiger partial charge < -0.3 is 19.4 Å². The number of hydrogen-bond acceptors (Lipinski definition) is 4. The number of carbonyl (C=O) groups excluding carboxylic acids is 1. The molecule has 30 heavy (non-hydrogen) atoms. The number of carbonyl (C=O) groups is 1. The monoisotopic (exact) mass is 442 g/mol. The SMILES string of the molecule is O=C(C=Cc1ccc(-c2cccc(Cl)c2Cl)o1)Nc1ccc(N2CCOCC2)cc1. The molecule has 1 saturated heterocycles. The minimum atomic E-state index is -0.243. The van der Waals surface area contributed by atoms with E-state index in [1.165, 1.54) is 6.08 Å². The van der Waals surface area contributed by atoms with Crippen LogP contribution in [0.3, 0.4) is 0 Å². The Labute approximate surface area is 184 Å². The lowest BCUT2D eigenvalue weighted by Crippen LogP contribution is -2.36. The zero-order valence-corrected chi connectivity index (χ0v) is 17.6. The van der Waals surface area contributed by atoms with E-state index in [-0.39, 0.29) is 5.91 Å². The van der Waals surface area contributed by atoms with Crippen LogP contribution in [0.15, 0.2) is 65.1 Å². The minimum absolute atomic E-state index is 0.243. The van der Waals surface area contributed by atoms with Gasteiger partial charge in [-0.2, -0.15) is 0 Å². The van der Waals surface area contributed by atoms with E-state index in [1.807, 2.05) is 30.3 Å². The zero-order chi connectivity index (χ0) is 20.9. The maximum atomic E-state index is 12.2. The van der Waals surface area contributed by atoms with E-state index in [2.05, 4.69) is 10.2 Å². The number of halogens is 2. The number of benzene rings is 2. The van der Waals surface area contributed by atoms with Crippen LogP contribution < -0.4 is 10.2 Å². The van der Waals surface area contributed by atoms with Gasteiger partial charge >= 0.3 is 0 Å².